The fraction of sp³-hybridized carbons (Fsp3) is 0.240. The van der Waals surface area contributed by atoms with Gasteiger partial charge in [0.25, 0.3) is 11.8 Å². The van der Waals surface area contributed by atoms with E-state index in [0.717, 1.165) is 68.8 Å². The number of benzene rings is 4. The van der Waals surface area contributed by atoms with E-state index in [-0.39, 0.29) is 23.4 Å². The number of nitrogens with two attached hydrogens (primary N) is 1. The number of thiophene rings is 2. The largest absolute Gasteiger partial charge is 0.366 e. The summed E-state index contributed by atoms with van der Waals surface area (Å²) in [6.45, 7) is 15.0. The lowest BCUT2D eigenvalue weighted by atomic mass is 10.0. The highest BCUT2D eigenvalue weighted by molar-refractivity contribution is 7.17. The standard InChI is InChI=1S/C25H24N2O3S.C25H22N2O2S/c1-14-3-8-18(24(26)29)12-19(14)22-9-10-23(31-22)25(30)27-20-13-17(7-4-15(20)2)21(28)11-16-5-6-16;1-15-5-9-19(26-3)14-20(15)23-10-11-24(30-23)25(29)27-21-13-18(8-4-16(21)2)22(28)12-17-6-7-17/h3-4,7-10,12-13,16H,5-6,11H2,1-2H3,(H2,26,29)(H,27,30);4-5,8-11,13-14,17H,6-7,12H2,1-2H3,(H,27,29). The average molecular weight is 847 g/mol. The van der Waals surface area contributed by atoms with E-state index in [1.54, 1.807) is 42.5 Å². The molecule has 0 spiro atoms. The maximum atomic E-state index is 12.9. The molecule has 9 nitrogen and oxygen atoms in total. The van der Waals surface area contributed by atoms with Crippen LogP contribution in [-0.4, -0.2) is 29.3 Å². The van der Waals surface area contributed by atoms with E-state index in [0.29, 0.717) is 68.2 Å². The number of ketones is 2. The van der Waals surface area contributed by atoms with Gasteiger partial charge in [0.1, 0.15) is 0 Å². The average Bonchev–Trinajstić information content (AvgIpc) is 4.14. The maximum absolute atomic E-state index is 12.9. The number of rotatable bonds is 13. The van der Waals surface area contributed by atoms with Crippen LogP contribution in [0, 0.1) is 46.1 Å². The van der Waals surface area contributed by atoms with Crippen LogP contribution in [0.1, 0.15) is 111 Å². The molecular weight excluding hydrogens is 801 g/mol. The van der Waals surface area contributed by atoms with E-state index >= 15 is 0 Å². The van der Waals surface area contributed by atoms with Crippen molar-refractivity contribution in [2.75, 3.05) is 10.6 Å². The Morgan fingerprint density at radius 3 is 1.44 bits per heavy atom. The van der Waals surface area contributed by atoms with Crippen molar-refractivity contribution in [1.29, 1.82) is 0 Å². The van der Waals surface area contributed by atoms with Gasteiger partial charge in [-0.1, -0.05) is 42.5 Å². The van der Waals surface area contributed by atoms with Gasteiger partial charge < -0.3 is 16.4 Å². The van der Waals surface area contributed by atoms with Gasteiger partial charge in [0.2, 0.25) is 5.91 Å². The van der Waals surface area contributed by atoms with Crippen molar-refractivity contribution in [2.24, 2.45) is 17.6 Å². The Labute approximate surface area is 363 Å². The van der Waals surface area contributed by atoms with Gasteiger partial charge in [0, 0.05) is 50.7 Å². The quantitative estimate of drug-likeness (QED) is 0.0784. The summed E-state index contributed by atoms with van der Waals surface area (Å²) in [4.78, 5) is 68.6. The van der Waals surface area contributed by atoms with Gasteiger partial charge in [-0.2, -0.15) is 0 Å². The summed E-state index contributed by atoms with van der Waals surface area (Å²) < 4.78 is 0. The molecule has 308 valence electrons. The summed E-state index contributed by atoms with van der Waals surface area (Å²) in [5.41, 5.74) is 14.8. The van der Waals surface area contributed by atoms with Crippen molar-refractivity contribution in [3.63, 3.8) is 0 Å². The van der Waals surface area contributed by atoms with Gasteiger partial charge >= 0.3 is 0 Å². The summed E-state index contributed by atoms with van der Waals surface area (Å²) in [5, 5.41) is 5.91. The predicted molar refractivity (Wildman–Crippen MR) is 245 cm³/mol. The van der Waals surface area contributed by atoms with Crippen LogP contribution in [0.25, 0.3) is 25.7 Å². The Bertz CT molecular complexity index is 2750. The van der Waals surface area contributed by atoms with Crippen LogP contribution >= 0.6 is 22.7 Å². The molecule has 2 heterocycles. The molecule has 0 unspecified atom stereocenters. The molecule has 2 aromatic heterocycles. The smallest absolute Gasteiger partial charge is 0.265 e. The normalized spacial score (nSPS) is 13.0. The molecular formula is C50H46N4O5S2. The number of carbonyl (C=O) groups is 5. The molecule has 2 aliphatic rings. The second kappa shape index (κ2) is 18.4. The van der Waals surface area contributed by atoms with E-state index in [9.17, 15) is 24.0 Å². The molecule has 0 radical (unpaired) electrons. The summed E-state index contributed by atoms with van der Waals surface area (Å²) in [7, 11) is 0. The maximum Gasteiger partial charge on any atom is 0.265 e. The second-order valence-corrected chi connectivity index (χ2v) is 18.1. The number of Topliss-reactive ketones (excluding diaryl/α,β-unsaturated/α-hetero) is 2. The first-order valence-electron chi connectivity index (χ1n) is 20.3. The number of amides is 3. The highest BCUT2D eigenvalue weighted by atomic mass is 32.1. The van der Waals surface area contributed by atoms with Crippen molar-refractivity contribution in [3.05, 3.63) is 157 Å². The zero-order chi connectivity index (χ0) is 43.4. The van der Waals surface area contributed by atoms with Crippen molar-refractivity contribution in [3.8, 4) is 20.9 Å². The molecule has 0 bridgehead atoms. The molecule has 4 N–H and O–H groups in total. The van der Waals surface area contributed by atoms with Crippen LogP contribution in [0.4, 0.5) is 17.1 Å². The first-order chi connectivity index (χ1) is 29.3. The van der Waals surface area contributed by atoms with Crippen molar-refractivity contribution in [2.45, 2.75) is 66.2 Å². The molecule has 8 rings (SSSR count). The zero-order valence-electron chi connectivity index (χ0n) is 34.5. The summed E-state index contributed by atoms with van der Waals surface area (Å²) in [6, 6.07) is 29.2. The topological polar surface area (TPSA) is 140 Å². The summed E-state index contributed by atoms with van der Waals surface area (Å²) in [5.74, 6) is 0.416. The molecule has 6 aromatic rings. The molecule has 0 aliphatic heterocycles. The summed E-state index contributed by atoms with van der Waals surface area (Å²) >= 11 is 2.75. The molecule has 2 saturated carbocycles. The Morgan fingerprint density at radius 2 is 1.00 bits per heavy atom. The Kier molecular flexibility index (Phi) is 12.9. The lowest BCUT2D eigenvalue weighted by Crippen LogP contribution is -2.12. The lowest BCUT2D eigenvalue weighted by Gasteiger charge is -2.10. The van der Waals surface area contributed by atoms with E-state index in [1.165, 1.54) is 22.7 Å². The van der Waals surface area contributed by atoms with Crippen LogP contribution in [0.3, 0.4) is 0 Å². The lowest BCUT2D eigenvalue weighted by molar-refractivity contribution is 0.0968. The molecule has 4 aromatic carbocycles. The molecule has 2 aliphatic carbocycles. The fourth-order valence-electron chi connectivity index (χ4n) is 6.83. The van der Waals surface area contributed by atoms with E-state index in [2.05, 4.69) is 15.5 Å². The van der Waals surface area contributed by atoms with Crippen LogP contribution in [0.15, 0.2) is 97.1 Å². The number of carbonyl (C=O) groups excluding carboxylic acids is 5. The monoisotopic (exact) mass is 846 g/mol. The number of nitrogens with zero attached hydrogens (tertiary/aromatic N) is 1. The minimum Gasteiger partial charge on any atom is -0.366 e. The first kappa shape index (κ1) is 42.6. The molecule has 61 heavy (non-hydrogen) atoms. The van der Waals surface area contributed by atoms with E-state index in [4.69, 9.17) is 12.3 Å². The van der Waals surface area contributed by atoms with E-state index in [1.807, 2.05) is 82.3 Å². The van der Waals surface area contributed by atoms with Gasteiger partial charge in [-0.25, -0.2) is 4.85 Å². The van der Waals surface area contributed by atoms with Crippen LogP contribution in [0.2, 0.25) is 0 Å². The van der Waals surface area contributed by atoms with Crippen LogP contribution < -0.4 is 16.4 Å². The van der Waals surface area contributed by atoms with Gasteiger partial charge in [-0.3, -0.25) is 24.0 Å². The number of hydrogen-bond donors (Lipinski definition) is 3. The van der Waals surface area contributed by atoms with Gasteiger partial charge in [0.15, 0.2) is 17.3 Å². The SMILES string of the molecule is Cc1ccc(C(=O)CC2CC2)cc1NC(=O)c1ccc(-c2cc(C(N)=O)ccc2C)s1.[C-]#[N+]c1ccc(C)c(-c2ccc(C(=O)Nc3cc(C(=O)CC4CC4)ccc3C)s2)c1. The fourth-order valence-corrected chi connectivity index (χ4v) is 8.79. The van der Waals surface area contributed by atoms with Crippen LogP contribution in [0.5, 0.6) is 0 Å². The molecule has 0 saturated heterocycles. The van der Waals surface area contributed by atoms with Gasteiger partial charge in [-0.05, 0) is 153 Å². The second-order valence-electron chi connectivity index (χ2n) is 15.9. The molecule has 0 atom stereocenters. The van der Waals surface area contributed by atoms with Crippen molar-refractivity contribution >= 4 is 69.0 Å². The minimum atomic E-state index is -0.484. The zero-order valence-corrected chi connectivity index (χ0v) is 36.2. The van der Waals surface area contributed by atoms with Crippen molar-refractivity contribution in [1.82, 2.24) is 0 Å². The Hall–Kier alpha value is -6.48. The Morgan fingerprint density at radius 1 is 0.574 bits per heavy atom. The van der Waals surface area contributed by atoms with Gasteiger partial charge in [0.05, 0.1) is 16.3 Å². The van der Waals surface area contributed by atoms with E-state index < -0.39 is 5.91 Å². The number of anilines is 2. The third kappa shape index (κ3) is 10.6. The first-order valence-corrected chi connectivity index (χ1v) is 21.9. The molecule has 11 heteroatoms. The van der Waals surface area contributed by atoms with Crippen molar-refractivity contribution < 1.29 is 24.0 Å². The Balaban J connectivity index is 0.000000184. The number of aryl methyl sites for hydroxylation is 4. The third-order valence-corrected chi connectivity index (χ3v) is 13.3. The summed E-state index contributed by atoms with van der Waals surface area (Å²) in [6.07, 6.45) is 5.70. The van der Waals surface area contributed by atoms with Crippen LogP contribution in [-0.2, 0) is 0 Å². The molecule has 3 amide bonds. The third-order valence-electron chi connectivity index (χ3n) is 11.0. The minimum absolute atomic E-state index is 0.126. The number of nitrogens with one attached hydrogen (secondary N) is 2. The number of primary amides is 1. The number of hydrogen-bond acceptors (Lipinski definition) is 7. The predicted octanol–water partition coefficient (Wildman–Crippen LogP) is 12.2. The highest BCUT2D eigenvalue weighted by Crippen LogP contribution is 2.37. The highest BCUT2D eigenvalue weighted by Gasteiger charge is 2.26. The molecule has 2 fully saturated rings. The van der Waals surface area contributed by atoms with Gasteiger partial charge in [-0.15, -0.1) is 22.7 Å².